The highest BCUT2D eigenvalue weighted by atomic mass is 32.2. The number of hydrogen-bond donors (Lipinski definition) is 2. The monoisotopic (exact) mass is 324 g/mol. The average molecular weight is 324 g/mol. The van der Waals surface area contributed by atoms with E-state index in [0.717, 1.165) is 10.6 Å². The van der Waals surface area contributed by atoms with Gasteiger partial charge in [-0.1, -0.05) is 12.1 Å². The van der Waals surface area contributed by atoms with Crippen LogP contribution in [0.4, 0.5) is 5.69 Å². The number of thiazole rings is 1. The summed E-state index contributed by atoms with van der Waals surface area (Å²) in [6.07, 6.45) is 1.73. The molecule has 2 N–H and O–H groups in total. The highest BCUT2D eigenvalue weighted by Crippen LogP contribution is 2.25. The number of nitrogens with zero attached hydrogens (tertiary/aromatic N) is 2. The quantitative estimate of drug-likeness (QED) is 0.891. The topological polar surface area (TPSA) is 74.3 Å². The second-order valence-electron chi connectivity index (χ2n) is 4.67. The molecule has 0 aliphatic carbocycles. The number of hydrogen-bond acceptors (Lipinski definition) is 5. The Balaban J connectivity index is 1.80. The van der Waals surface area contributed by atoms with Crippen LogP contribution in [0.15, 0.2) is 35.8 Å². The molecule has 0 spiro atoms. The lowest BCUT2D eigenvalue weighted by Gasteiger charge is -2.26. The van der Waals surface area contributed by atoms with E-state index in [0.29, 0.717) is 31.9 Å². The molecule has 0 amide bonds. The van der Waals surface area contributed by atoms with E-state index in [-0.39, 0.29) is 0 Å². The van der Waals surface area contributed by atoms with E-state index in [9.17, 15) is 8.42 Å². The van der Waals surface area contributed by atoms with E-state index in [1.807, 2.05) is 17.5 Å². The summed E-state index contributed by atoms with van der Waals surface area (Å²) in [5.41, 5.74) is 1.46. The van der Waals surface area contributed by atoms with E-state index < -0.39 is 10.2 Å². The van der Waals surface area contributed by atoms with Crippen LogP contribution in [0.1, 0.15) is 0 Å². The van der Waals surface area contributed by atoms with Crippen molar-refractivity contribution in [2.75, 3.05) is 30.9 Å². The Bertz CT molecular complexity index is 695. The van der Waals surface area contributed by atoms with Gasteiger partial charge in [-0.05, 0) is 12.1 Å². The van der Waals surface area contributed by atoms with E-state index in [4.69, 9.17) is 0 Å². The van der Waals surface area contributed by atoms with Gasteiger partial charge in [-0.25, -0.2) is 4.98 Å². The van der Waals surface area contributed by atoms with Crippen LogP contribution in [0, 0.1) is 0 Å². The van der Waals surface area contributed by atoms with Crippen LogP contribution in [-0.4, -0.2) is 43.9 Å². The summed E-state index contributed by atoms with van der Waals surface area (Å²) >= 11 is 1.52. The summed E-state index contributed by atoms with van der Waals surface area (Å²) in [6.45, 7) is 2.34. The Kier molecular flexibility index (Phi) is 4.20. The molecule has 1 aromatic heterocycles. The Morgan fingerprint density at radius 2 is 2.10 bits per heavy atom. The predicted molar refractivity (Wildman–Crippen MR) is 84.5 cm³/mol. The standard InChI is InChI=1S/C13H16N4O2S2/c18-21(19,17-7-4-14-5-8-17)16-12-3-1-2-11(10-12)13-15-6-9-20-13/h1-3,6,9-10,14,16H,4-5,7-8H2. The zero-order chi connectivity index (χ0) is 14.7. The van der Waals surface area contributed by atoms with Crippen LogP contribution in [0.5, 0.6) is 0 Å². The smallest absolute Gasteiger partial charge is 0.301 e. The van der Waals surface area contributed by atoms with Gasteiger partial charge in [0, 0.05) is 43.3 Å². The fourth-order valence-electron chi connectivity index (χ4n) is 2.18. The fourth-order valence-corrected chi connectivity index (χ4v) is 4.03. The Morgan fingerprint density at radius 3 is 2.81 bits per heavy atom. The maximum Gasteiger partial charge on any atom is 0.301 e. The van der Waals surface area contributed by atoms with Crippen molar-refractivity contribution < 1.29 is 8.42 Å². The maximum atomic E-state index is 12.3. The lowest BCUT2D eigenvalue weighted by Crippen LogP contribution is -2.48. The van der Waals surface area contributed by atoms with Crippen molar-refractivity contribution >= 4 is 27.2 Å². The molecule has 2 aromatic rings. The molecule has 112 valence electrons. The molecule has 1 saturated heterocycles. The molecule has 2 heterocycles. The number of benzene rings is 1. The maximum absolute atomic E-state index is 12.3. The first-order chi connectivity index (χ1) is 10.1. The van der Waals surface area contributed by atoms with Crippen LogP contribution in [0.2, 0.25) is 0 Å². The summed E-state index contributed by atoms with van der Waals surface area (Å²) in [5, 5.41) is 5.91. The lowest BCUT2D eigenvalue weighted by molar-refractivity contribution is 0.362. The number of piperazine rings is 1. The van der Waals surface area contributed by atoms with Crippen LogP contribution >= 0.6 is 11.3 Å². The molecule has 21 heavy (non-hydrogen) atoms. The van der Waals surface area contributed by atoms with Crippen molar-refractivity contribution in [2.24, 2.45) is 0 Å². The largest absolute Gasteiger partial charge is 0.314 e. The third-order valence-corrected chi connectivity index (χ3v) is 5.57. The van der Waals surface area contributed by atoms with Crippen LogP contribution in [-0.2, 0) is 10.2 Å². The van der Waals surface area contributed by atoms with Gasteiger partial charge in [-0.2, -0.15) is 12.7 Å². The fraction of sp³-hybridized carbons (Fsp3) is 0.308. The number of aromatic nitrogens is 1. The molecule has 0 atom stereocenters. The Labute approximate surface area is 128 Å². The Morgan fingerprint density at radius 1 is 1.29 bits per heavy atom. The molecule has 6 nitrogen and oxygen atoms in total. The highest BCUT2D eigenvalue weighted by molar-refractivity contribution is 7.90. The molecule has 8 heteroatoms. The van der Waals surface area contributed by atoms with Crippen LogP contribution in [0.3, 0.4) is 0 Å². The first-order valence-electron chi connectivity index (χ1n) is 6.64. The van der Waals surface area contributed by atoms with Gasteiger partial charge in [-0.3, -0.25) is 4.72 Å². The molecule has 0 radical (unpaired) electrons. The van der Waals surface area contributed by atoms with E-state index >= 15 is 0 Å². The van der Waals surface area contributed by atoms with Gasteiger partial charge in [0.1, 0.15) is 5.01 Å². The minimum absolute atomic E-state index is 0.488. The molecule has 1 aliphatic rings. The molecule has 1 aromatic carbocycles. The highest BCUT2D eigenvalue weighted by Gasteiger charge is 2.23. The van der Waals surface area contributed by atoms with Gasteiger partial charge >= 0.3 is 10.2 Å². The van der Waals surface area contributed by atoms with Crippen molar-refractivity contribution in [1.29, 1.82) is 0 Å². The molecule has 3 rings (SSSR count). The summed E-state index contributed by atoms with van der Waals surface area (Å²) < 4.78 is 28.7. The number of anilines is 1. The van der Waals surface area contributed by atoms with Gasteiger partial charge in [0.05, 0.1) is 5.69 Å². The van der Waals surface area contributed by atoms with E-state index in [1.165, 1.54) is 15.6 Å². The molecule has 1 fully saturated rings. The first kappa shape index (κ1) is 14.5. The SMILES string of the molecule is O=S(=O)(Nc1cccc(-c2nccs2)c1)N1CCNCC1. The van der Waals surface area contributed by atoms with Crippen molar-refractivity contribution in [1.82, 2.24) is 14.6 Å². The van der Waals surface area contributed by atoms with Gasteiger partial charge in [-0.15, -0.1) is 11.3 Å². The summed E-state index contributed by atoms with van der Waals surface area (Å²) in [5.74, 6) is 0. The molecule has 1 aliphatic heterocycles. The first-order valence-corrected chi connectivity index (χ1v) is 8.96. The summed E-state index contributed by atoms with van der Waals surface area (Å²) in [6, 6.07) is 7.29. The number of rotatable bonds is 4. The average Bonchev–Trinajstić information content (AvgIpc) is 3.02. The third kappa shape index (κ3) is 3.41. The molecule has 0 saturated carbocycles. The minimum atomic E-state index is -3.50. The predicted octanol–water partition coefficient (Wildman–Crippen LogP) is 1.37. The normalized spacial score (nSPS) is 16.8. The molecular formula is C13H16N4O2S2. The van der Waals surface area contributed by atoms with Gasteiger partial charge in [0.25, 0.3) is 0 Å². The second-order valence-corrected chi connectivity index (χ2v) is 7.24. The van der Waals surface area contributed by atoms with Gasteiger partial charge in [0.2, 0.25) is 0 Å². The van der Waals surface area contributed by atoms with Gasteiger partial charge < -0.3 is 5.32 Å². The van der Waals surface area contributed by atoms with Gasteiger partial charge in [0.15, 0.2) is 0 Å². The van der Waals surface area contributed by atoms with Crippen LogP contribution in [0.25, 0.3) is 10.6 Å². The molecular weight excluding hydrogens is 308 g/mol. The second kappa shape index (κ2) is 6.10. The summed E-state index contributed by atoms with van der Waals surface area (Å²) in [4.78, 5) is 4.24. The van der Waals surface area contributed by atoms with E-state index in [1.54, 1.807) is 18.3 Å². The lowest BCUT2D eigenvalue weighted by atomic mass is 10.2. The van der Waals surface area contributed by atoms with Crippen molar-refractivity contribution in [2.45, 2.75) is 0 Å². The van der Waals surface area contributed by atoms with Crippen LogP contribution < -0.4 is 10.0 Å². The van der Waals surface area contributed by atoms with Crippen molar-refractivity contribution in [3.8, 4) is 10.6 Å². The summed E-state index contributed by atoms with van der Waals surface area (Å²) in [7, 11) is -3.50. The van der Waals surface area contributed by atoms with Crippen molar-refractivity contribution in [3.63, 3.8) is 0 Å². The van der Waals surface area contributed by atoms with Crippen molar-refractivity contribution in [3.05, 3.63) is 35.8 Å². The minimum Gasteiger partial charge on any atom is -0.314 e. The Hall–Kier alpha value is -1.48. The zero-order valence-electron chi connectivity index (χ0n) is 11.3. The van der Waals surface area contributed by atoms with E-state index in [2.05, 4.69) is 15.0 Å². The third-order valence-electron chi connectivity index (χ3n) is 3.20. The molecule has 0 unspecified atom stereocenters. The number of nitrogens with one attached hydrogen (secondary N) is 2. The molecule has 0 bridgehead atoms. The zero-order valence-corrected chi connectivity index (χ0v) is 13.0.